The largest absolute Gasteiger partial charge is 0.354 e. The molecule has 86 valence electrons. The van der Waals surface area contributed by atoms with E-state index in [1.807, 2.05) is 13.0 Å². The molecule has 1 aromatic heterocycles. The molecule has 0 fully saturated rings. The molecule has 16 heavy (non-hydrogen) atoms. The van der Waals surface area contributed by atoms with Gasteiger partial charge in [0.25, 0.3) is 0 Å². The molecular weight excluding hydrogens is 208 g/mol. The van der Waals surface area contributed by atoms with Crippen molar-refractivity contribution in [3.05, 3.63) is 22.9 Å². The number of nitriles is 1. The Balaban J connectivity index is 2.54. The third-order valence-corrected chi connectivity index (χ3v) is 2.13. The van der Waals surface area contributed by atoms with Crippen molar-refractivity contribution >= 4 is 5.91 Å². The molecule has 6 nitrogen and oxygen atoms in total. The van der Waals surface area contributed by atoms with E-state index in [-0.39, 0.29) is 24.6 Å². The van der Waals surface area contributed by atoms with E-state index in [0.717, 1.165) is 0 Å². The Kier molecular flexibility index (Phi) is 4.33. The zero-order valence-corrected chi connectivity index (χ0v) is 9.14. The van der Waals surface area contributed by atoms with Crippen molar-refractivity contribution in [1.29, 1.82) is 5.26 Å². The summed E-state index contributed by atoms with van der Waals surface area (Å²) < 4.78 is 2.85. The topological polar surface area (TPSA) is 79.8 Å². The number of hydrogen-bond donors (Lipinski definition) is 1. The van der Waals surface area contributed by atoms with Crippen molar-refractivity contribution in [3.63, 3.8) is 0 Å². The molecular formula is C10H14N4O2. The monoisotopic (exact) mass is 222 g/mol. The maximum Gasteiger partial charge on any atom is 0.328 e. The number of imidazole rings is 1. The second kappa shape index (κ2) is 5.75. The van der Waals surface area contributed by atoms with Crippen molar-refractivity contribution in [3.8, 4) is 6.07 Å². The summed E-state index contributed by atoms with van der Waals surface area (Å²) in [6, 6.07) is 1.92. The Morgan fingerprint density at radius 3 is 2.75 bits per heavy atom. The second-order valence-electron chi connectivity index (χ2n) is 3.25. The highest BCUT2D eigenvalue weighted by molar-refractivity contribution is 5.75. The molecule has 0 bridgehead atoms. The van der Waals surface area contributed by atoms with Crippen molar-refractivity contribution in [2.45, 2.75) is 26.4 Å². The molecule has 0 saturated heterocycles. The van der Waals surface area contributed by atoms with Crippen LogP contribution >= 0.6 is 0 Å². The molecule has 0 aliphatic rings. The van der Waals surface area contributed by atoms with Gasteiger partial charge in [-0.15, -0.1) is 0 Å². The highest BCUT2D eigenvalue weighted by Crippen LogP contribution is 1.85. The van der Waals surface area contributed by atoms with E-state index in [1.165, 1.54) is 9.13 Å². The van der Waals surface area contributed by atoms with Gasteiger partial charge in [-0.1, -0.05) is 0 Å². The average molecular weight is 222 g/mol. The van der Waals surface area contributed by atoms with Crippen LogP contribution in [0.25, 0.3) is 0 Å². The quantitative estimate of drug-likeness (QED) is 0.694. The first kappa shape index (κ1) is 12.0. The Morgan fingerprint density at radius 2 is 2.19 bits per heavy atom. The van der Waals surface area contributed by atoms with E-state index in [2.05, 4.69) is 5.32 Å². The van der Waals surface area contributed by atoms with Crippen LogP contribution < -0.4 is 11.0 Å². The van der Waals surface area contributed by atoms with Crippen LogP contribution in [0.2, 0.25) is 0 Å². The number of hydrogen-bond acceptors (Lipinski definition) is 3. The lowest BCUT2D eigenvalue weighted by molar-refractivity contribution is -0.121. The summed E-state index contributed by atoms with van der Waals surface area (Å²) in [6.07, 6.45) is 3.50. The number of aromatic nitrogens is 2. The molecule has 0 atom stereocenters. The van der Waals surface area contributed by atoms with Crippen molar-refractivity contribution < 1.29 is 4.79 Å². The summed E-state index contributed by atoms with van der Waals surface area (Å²) in [5, 5.41) is 10.8. The molecule has 0 saturated carbocycles. The first-order chi connectivity index (χ1) is 7.69. The van der Waals surface area contributed by atoms with Gasteiger partial charge >= 0.3 is 5.69 Å². The lowest BCUT2D eigenvalue weighted by atomic mass is 10.4. The standard InChI is InChI=1S/C10H14N4O2/c1-2-13-6-7-14(10(13)16)8-9(15)12-5-3-4-11/h6-7H,2-3,5,8H2,1H3,(H,12,15). The fraction of sp³-hybridized carbons (Fsp3) is 0.500. The van der Waals surface area contributed by atoms with Gasteiger partial charge < -0.3 is 5.32 Å². The van der Waals surface area contributed by atoms with Gasteiger partial charge in [-0.3, -0.25) is 13.9 Å². The number of carbonyl (C=O) groups excluding carboxylic acids is 1. The number of aryl methyl sites for hydroxylation is 1. The molecule has 1 amide bonds. The normalized spacial score (nSPS) is 9.75. The molecule has 0 unspecified atom stereocenters. The van der Waals surface area contributed by atoms with Gasteiger partial charge in [0.05, 0.1) is 12.5 Å². The van der Waals surface area contributed by atoms with Crippen molar-refractivity contribution in [1.82, 2.24) is 14.5 Å². The fourth-order valence-corrected chi connectivity index (χ4v) is 1.28. The number of carbonyl (C=O) groups is 1. The van der Waals surface area contributed by atoms with Gasteiger partial charge in [0.15, 0.2) is 0 Å². The molecule has 0 aliphatic carbocycles. The Hall–Kier alpha value is -2.03. The average Bonchev–Trinajstić information content (AvgIpc) is 2.60. The molecule has 0 radical (unpaired) electrons. The minimum absolute atomic E-state index is 0.00272. The van der Waals surface area contributed by atoms with Gasteiger partial charge in [0, 0.05) is 25.5 Å². The molecule has 1 N–H and O–H groups in total. The van der Waals surface area contributed by atoms with Crippen LogP contribution in [0.3, 0.4) is 0 Å². The van der Waals surface area contributed by atoms with Gasteiger partial charge in [0.2, 0.25) is 5.91 Å². The lowest BCUT2D eigenvalue weighted by Crippen LogP contribution is -2.33. The molecule has 1 aromatic rings. The van der Waals surface area contributed by atoms with Crippen LogP contribution in [0.15, 0.2) is 17.2 Å². The second-order valence-corrected chi connectivity index (χ2v) is 3.25. The van der Waals surface area contributed by atoms with Crippen LogP contribution in [-0.4, -0.2) is 21.6 Å². The van der Waals surface area contributed by atoms with Crippen LogP contribution in [0.5, 0.6) is 0 Å². The maximum absolute atomic E-state index is 11.6. The third-order valence-electron chi connectivity index (χ3n) is 2.13. The summed E-state index contributed by atoms with van der Waals surface area (Å²) >= 11 is 0. The number of rotatable bonds is 5. The smallest absolute Gasteiger partial charge is 0.328 e. The maximum atomic E-state index is 11.6. The number of nitrogens with one attached hydrogen (secondary N) is 1. The van der Waals surface area contributed by atoms with E-state index < -0.39 is 0 Å². The Labute approximate surface area is 93.1 Å². The van der Waals surface area contributed by atoms with Crippen LogP contribution in [0.1, 0.15) is 13.3 Å². The molecule has 6 heteroatoms. The summed E-state index contributed by atoms with van der Waals surface area (Å²) in [6.45, 7) is 2.76. The van der Waals surface area contributed by atoms with E-state index >= 15 is 0 Å². The first-order valence-corrected chi connectivity index (χ1v) is 5.08. The minimum Gasteiger partial charge on any atom is -0.354 e. The Morgan fingerprint density at radius 1 is 1.50 bits per heavy atom. The first-order valence-electron chi connectivity index (χ1n) is 5.08. The summed E-state index contributed by atoms with van der Waals surface area (Å²) in [5.74, 6) is -0.258. The van der Waals surface area contributed by atoms with E-state index in [1.54, 1.807) is 12.4 Å². The molecule has 0 aliphatic heterocycles. The number of amides is 1. The van der Waals surface area contributed by atoms with E-state index in [0.29, 0.717) is 13.1 Å². The third kappa shape index (κ3) is 2.98. The van der Waals surface area contributed by atoms with Crippen LogP contribution in [0.4, 0.5) is 0 Å². The van der Waals surface area contributed by atoms with Crippen LogP contribution in [0, 0.1) is 11.3 Å². The summed E-state index contributed by atoms with van der Waals surface area (Å²) in [4.78, 5) is 22.9. The highest BCUT2D eigenvalue weighted by Gasteiger charge is 2.06. The zero-order chi connectivity index (χ0) is 12.0. The fourth-order valence-electron chi connectivity index (χ4n) is 1.28. The summed E-state index contributed by atoms with van der Waals surface area (Å²) in [5.41, 5.74) is -0.196. The number of nitrogens with zero attached hydrogens (tertiary/aromatic N) is 3. The minimum atomic E-state index is -0.258. The predicted molar refractivity (Wildman–Crippen MR) is 57.6 cm³/mol. The lowest BCUT2D eigenvalue weighted by Gasteiger charge is -2.02. The molecule has 0 spiro atoms. The van der Waals surface area contributed by atoms with Gasteiger partial charge in [-0.2, -0.15) is 5.26 Å². The van der Waals surface area contributed by atoms with Gasteiger partial charge in [-0.05, 0) is 6.92 Å². The van der Waals surface area contributed by atoms with Crippen LogP contribution in [-0.2, 0) is 17.9 Å². The molecule has 1 heterocycles. The SMILES string of the molecule is CCn1ccn(CC(=O)NCCC#N)c1=O. The van der Waals surface area contributed by atoms with E-state index in [4.69, 9.17) is 5.26 Å². The van der Waals surface area contributed by atoms with Crippen molar-refractivity contribution in [2.75, 3.05) is 6.54 Å². The van der Waals surface area contributed by atoms with Gasteiger partial charge in [-0.25, -0.2) is 4.79 Å². The van der Waals surface area contributed by atoms with Crippen molar-refractivity contribution in [2.24, 2.45) is 0 Å². The van der Waals surface area contributed by atoms with E-state index in [9.17, 15) is 9.59 Å². The summed E-state index contributed by atoms with van der Waals surface area (Å²) in [7, 11) is 0. The predicted octanol–water partition coefficient (Wildman–Crippen LogP) is -0.300. The molecule has 1 rings (SSSR count). The Bertz CT molecular complexity index is 452. The zero-order valence-electron chi connectivity index (χ0n) is 9.14. The molecule has 0 aromatic carbocycles. The highest BCUT2D eigenvalue weighted by atomic mass is 16.2. The van der Waals surface area contributed by atoms with Gasteiger partial charge in [0.1, 0.15) is 6.54 Å².